The number of carbonyl (C=O) groups excluding carboxylic acids is 1. The molecule has 3 rings (SSSR count). The summed E-state index contributed by atoms with van der Waals surface area (Å²) in [6, 6.07) is 18.3. The minimum atomic E-state index is -3.49. The molecule has 0 spiro atoms. The van der Waals surface area contributed by atoms with E-state index in [1.54, 1.807) is 30.3 Å². The number of amides is 1. The van der Waals surface area contributed by atoms with Crippen molar-refractivity contribution in [2.24, 2.45) is 0 Å². The summed E-state index contributed by atoms with van der Waals surface area (Å²) in [5.41, 5.74) is 5.05. The smallest absolute Gasteiger partial charge is 0.251 e. The first-order valence-corrected chi connectivity index (χ1v) is 13.5. The third kappa shape index (κ3) is 6.84. The van der Waals surface area contributed by atoms with Gasteiger partial charge in [-0.1, -0.05) is 45.8 Å². The maximum atomic E-state index is 12.5. The molecule has 0 aromatic heterocycles. The van der Waals surface area contributed by atoms with E-state index in [4.69, 9.17) is 4.74 Å². The molecule has 0 aliphatic rings. The van der Waals surface area contributed by atoms with E-state index in [9.17, 15) is 13.2 Å². The van der Waals surface area contributed by atoms with E-state index >= 15 is 0 Å². The van der Waals surface area contributed by atoms with Crippen molar-refractivity contribution in [3.63, 3.8) is 0 Å². The summed E-state index contributed by atoms with van der Waals surface area (Å²) in [5, 5.41) is 2.85. The second-order valence-electron chi connectivity index (χ2n) is 8.27. The van der Waals surface area contributed by atoms with E-state index in [0.717, 1.165) is 26.9 Å². The largest absolute Gasteiger partial charge is 0.491 e. The Labute approximate surface area is 210 Å². The Bertz CT molecular complexity index is 1270. The second kappa shape index (κ2) is 11.1. The topological polar surface area (TPSA) is 75.7 Å². The highest BCUT2D eigenvalue weighted by molar-refractivity contribution is 9.10. The minimum absolute atomic E-state index is 0.172. The third-order valence-electron chi connectivity index (χ3n) is 5.35. The van der Waals surface area contributed by atoms with Crippen LogP contribution in [0.2, 0.25) is 0 Å². The highest BCUT2D eigenvalue weighted by Gasteiger charge is 2.19. The van der Waals surface area contributed by atoms with Crippen molar-refractivity contribution in [3.8, 4) is 5.75 Å². The fourth-order valence-corrected chi connectivity index (χ4v) is 4.63. The van der Waals surface area contributed by atoms with Crippen LogP contribution in [-0.4, -0.2) is 33.7 Å². The van der Waals surface area contributed by atoms with Gasteiger partial charge in [0, 0.05) is 10.0 Å². The van der Waals surface area contributed by atoms with Gasteiger partial charge in [0.25, 0.3) is 5.91 Å². The predicted molar refractivity (Wildman–Crippen MR) is 140 cm³/mol. The van der Waals surface area contributed by atoms with Crippen LogP contribution in [0.3, 0.4) is 0 Å². The Morgan fingerprint density at radius 1 is 0.971 bits per heavy atom. The van der Waals surface area contributed by atoms with Crippen LogP contribution in [-0.2, 0) is 16.6 Å². The molecule has 0 saturated heterocycles. The van der Waals surface area contributed by atoms with E-state index in [0.29, 0.717) is 24.4 Å². The van der Waals surface area contributed by atoms with Crippen molar-refractivity contribution in [2.75, 3.05) is 23.7 Å². The number of benzene rings is 3. The van der Waals surface area contributed by atoms with Crippen molar-refractivity contribution in [3.05, 3.63) is 93.0 Å². The van der Waals surface area contributed by atoms with Crippen LogP contribution in [0.1, 0.15) is 32.6 Å². The molecule has 0 aliphatic carbocycles. The van der Waals surface area contributed by atoms with E-state index in [1.165, 1.54) is 16.1 Å². The lowest BCUT2D eigenvalue weighted by Crippen LogP contribution is -2.29. The van der Waals surface area contributed by atoms with E-state index < -0.39 is 10.0 Å². The Morgan fingerprint density at radius 3 is 2.29 bits per heavy atom. The van der Waals surface area contributed by atoms with Crippen LogP contribution in [0.4, 0.5) is 5.69 Å². The maximum Gasteiger partial charge on any atom is 0.251 e. The SMILES string of the molecule is Cc1ccc(OCCNC(=O)c2ccc(CN(c3ccc(Br)c(C)c3)S(C)(=O)=O)cc2)c(C)c1. The van der Waals surface area contributed by atoms with Gasteiger partial charge in [0.1, 0.15) is 12.4 Å². The lowest BCUT2D eigenvalue weighted by atomic mass is 10.1. The molecule has 0 fully saturated rings. The number of nitrogens with zero attached hydrogens (tertiary/aromatic N) is 1. The van der Waals surface area contributed by atoms with E-state index in [-0.39, 0.29) is 12.5 Å². The molecule has 0 atom stereocenters. The fraction of sp³-hybridized carbons (Fsp3) is 0.269. The summed E-state index contributed by atoms with van der Waals surface area (Å²) in [4.78, 5) is 12.5. The first kappa shape index (κ1) is 25.8. The highest BCUT2D eigenvalue weighted by atomic mass is 79.9. The highest BCUT2D eigenvalue weighted by Crippen LogP contribution is 2.26. The van der Waals surface area contributed by atoms with Gasteiger partial charge in [-0.3, -0.25) is 9.10 Å². The van der Waals surface area contributed by atoms with Crippen molar-refractivity contribution in [1.29, 1.82) is 0 Å². The number of sulfonamides is 1. The standard InChI is InChI=1S/C26H29BrN2O4S/c1-18-5-12-25(20(3)15-18)33-14-13-28-26(30)22-8-6-21(7-9-22)17-29(34(4,31)32)23-10-11-24(27)19(2)16-23/h5-12,15-16H,13-14,17H2,1-4H3,(H,28,30). The first-order valence-electron chi connectivity index (χ1n) is 10.9. The predicted octanol–water partition coefficient (Wildman–Crippen LogP) is 5.15. The molecule has 0 aliphatic heterocycles. The van der Waals surface area contributed by atoms with Crippen molar-refractivity contribution in [2.45, 2.75) is 27.3 Å². The van der Waals surface area contributed by atoms with Gasteiger partial charge in [-0.15, -0.1) is 0 Å². The monoisotopic (exact) mass is 544 g/mol. The zero-order valence-electron chi connectivity index (χ0n) is 19.8. The molecule has 3 aromatic carbocycles. The summed E-state index contributed by atoms with van der Waals surface area (Å²) in [7, 11) is -3.49. The molecule has 34 heavy (non-hydrogen) atoms. The Morgan fingerprint density at radius 2 is 1.68 bits per heavy atom. The van der Waals surface area contributed by atoms with E-state index in [1.807, 2.05) is 45.0 Å². The minimum Gasteiger partial charge on any atom is -0.491 e. The van der Waals surface area contributed by atoms with Gasteiger partial charge in [-0.05, 0) is 73.9 Å². The van der Waals surface area contributed by atoms with Gasteiger partial charge in [0.05, 0.1) is 25.0 Å². The van der Waals surface area contributed by atoms with Gasteiger partial charge in [-0.25, -0.2) is 8.42 Å². The number of ether oxygens (including phenoxy) is 1. The number of carbonyl (C=O) groups is 1. The number of rotatable bonds is 9. The molecule has 0 heterocycles. The molecule has 180 valence electrons. The average Bonchev–Trinajstić information content (AvgIpc) is 2.77. The molecule has 0 bridgehead atoms. The fourth-order valence-electron chi connectivity index (χ4n) is 3.50. The Balaban J connectivity index is 1.59. The molecule has 8 heteroatoms. The number of halogens is 1. The second-order valence-corrected chi connectivity index (χ2v) is 11.0. The van der Waals surface area contributed by atoms with Crippen molar-refractivity contribution < 1.29 is 17.9 Å². The quantitative estimate of drug-likeness (QED) is 0.378. The van der Waals surface area contributed by atoms with Gasteiger partial charge in [-0.2, -0.15) is 0 Å². The molecule has 1 N–H and O–H groups in total. The maximum absolute atomic E-state index is 12.5. The molecule has 6 nitrogen and oxygen atoms in total. The van der Waals surface area contributed by atoms with Crippen LogP contribution in [0.5, 0.6) is 5.75 Å². The first-order chi connectivity index (χ1) is 16.0. The lowest BCUT2D eigenvalue weighted by Gasteiger charge is -2.23. The van der Waals surface area contributed by atoms with Gasteiger partial charge < -0.3 is 10.1 Å². The van der Waals surface area contributed by atoms with E-state index in [2.05, 4.69) is 27.3 Å². The average molecular weight is 545 g/mol. The number of hydrogen-bond acceptors (Lipinski definition) is 4. The van der Waals surface area contributed by atoms with Crippen LogP contribution >= 0.6 is 15.9 Å². The summed E-state index contributed by atoms with van der Waals surface area (Å²) in [5.74, 6) is 0.597. The van der Waals surface area contributed by atoms with Crippen LogP contribution in [0.15, 0.2) is 65.1 Å². The van der Waals surface area contributed by atoms with Crippen LogP contribution < -0.4 is 14.4 Å². The number of aryl methyl sites for hydroxylation is 3. The normalized spacial score (nSPS) is 11.2. The lowest BCUT2D eigenvalue weighted by molar-refractivity contribution is 0.0947. The Hall–Kier alpha value is -2.84. The van der Waals surface area contributed by atoms with Crippen molar-refractivity contribution in [1.82, 2.24) is 5.32 Å². The summed E-state index contributed by atoms with van der Waals surface area (Å²) >= 11 is 3.44. The zero-order valence-corrected chi connectivity index (χ0v) is 22.2. The molecule has 3 aromatic rings. The molecule has 1 amide bonds. The molecular weight excluding hydrogens is 516 g/mol. The zero-order chi connectivity index (χ0) is 24.9. The molecule has 0 radical (unpaired) electrons. The number of anilines is 1. The summed E-state index contributed by atoms with van der Waals surface area (Å²) in [6.45, 7) is 6.84. The molecule has 0 saturated carbocycles. The van der Waals surface area contributed by atoms with Gasteiger partial charge in [0.2, 0.25) is 10.0 Å². The van der Waals surface area contributed by atoms with Crippen LogP contribution in [0.25, 0.3) is 0 Å². The number of nitrogens with one attached hydrogen (secondary N) is 1. The molecular formula is C26H29BrN2O4S. The van der Waals surface area contributed by atoms with Crippen LogP contribution in [0, 0.1) is 20.8 Å². The van der Waals surface area contributed by atoms with Gasteiger partial charge in [0.15, 0.2) is 0 Å². The summed E-state index contributed by atoms with van der Waals surface area (Å²) < 4.78 is 32.9. The summed E-state index contributed by atoms with van der Waals surface area (Å²) in [6.07, 6.45) is 1.19. The van der Waals surface area contributed by atoms with Gasteiger partial charge >= 0.3 is 0 Å². The Kier molecular flexibility index (Phi) is 8.38. The third-order valence-corrected chi connectivity index (χ3v) is 7.38. The number of hydrogen-bond donors (Lipinski definition) is 1. The molecule has 0 unspecified atom stereocenters. The van der Waals surface area contributed by atoms with Crippen molar-refractivity contribution >= 4 is 37.5 Å².